The molecular formula is C52H36N2. The van der Waals surface area contributed by atoms with Crippen LogP contribution in [0.2, 0.25) is 0 Å². The maximum atomic E-state index is 2.48. The minimum Gasteiger partial charge on any atom is -0.311 e. The summed E-state index contributed by atoms with van der Waals surface area (Å²) < 4.78 is 2.48. The molecule has 10 aromatic rings. The van der Waals surface area contributed by atoms with Gasteiger partial charge in [-0.05, 0) is 81.6 Å². The highest BCUT2D eigenvalue weighted by molar-refractivity contribution is 6.16. The molecule has 2 nitrogen and oxygen atoms in total. The molecule has 1 aromatic heterocycles. The van der Waals surface area contributed by atoms with Crippen LogP contribution in [0.15, 0.2) is 218 Å². The molecule has 54 heavy (non-hydrogen) atoms. The van der Waals surface area contributed by atoms with Gasteiger partial charge >= 0.3 is 0 Å². The zero-order valence-electron chi connectivity index (χ0n) is 29.7. The van der Waals surface area contributed by atoms with Crippen LogP contribution in [0, 0.1) is 0 Å². The van der Waals surface area contributed by atoms with Crippen LogP contribution < -0.4 is 4.90 Å². The third-order valence-electron chi connectivity index (χ3n) is 10.6. The average Bonchev–Trinajstić information content (AvgIpc) is 3.59. The highest BCUT2D eigenvalue weighted by Crippen LogP contribution is 2.43. The van der Waals surface area contributed by atoms with Gasteiger partial charge in [0.15, 0.2) is 0 Å². The lowest BCUT2D eigenvalue weighted by Crippen LogP contribution is -2.09. The number of hydrogen-bond acceptors (Lipinski definition) is 1. The molecule has 0 unspecified atom stereocenters. The summed E-state index contributed by atoms with van der Waals surface area (Å²) in [6.45, 7) is 0. The van der Waals surface area contributed by atoms with E-state index in [1.165, 1.54) is 60.4 Å². The molecule has 2 heteroatoms. The van der Waals surface area contributed by atoms with Crippen LogP contribution in [0.4, 0.5) is 17.1 Å². The largest absolute Gasteiger partial charge is 0.311 e. The Morgan fingerprint density at radius 2 is 0.796 bits per heavy atom. The van der Waals surface area contributed by atoms with E-state index in [2.05, 4.69) is 228 Å². The van der Waals surface area contributed by atoms with E-state index in [0.717, 1.165) is 28.3 Å². The van der Waals surface area contributed by atoms with Crippen molar-refractivity contribution in [1.82, 2.24) is 4.57 Å². The molecule has 10 rings (SSSR count). The molecular weight excluding hydrogens is 653 g/mol. The number of aromatic nitrogens is 1. The van der Waals surface area contributed by atoms with E-state index in [1.807, 2.05) is 0 Å². The summed E-state index contributed by atoms with van der Waals surface area (Å²) in [5.74, 6) is 0. The van der Waals surface area contributed by atoms with E-state index in [1.54, 1.807) is 0 Å². The zero-order valence-corrected chi connectivity index (χ0v) is 29.7. The van der Waals surface area contributed by atoms with Crippen molar-refractivity contribution >= 4 is 49.6 Å². The van der Waals surface area contributed by atoms with E-state index >= 15 is 0 Å². The van der Waals surface area contributed by atoms with Gasteiger partial charge in [0.2, 0.25) is 0 Å². The standard InChI is InChI=1S/C52H36N2/c1-3-15-37(16-4-1)38-29-33-42(34-30-38)53(41-19-5-2-6-20-41)43-35-31-40(32-36-43)45-22-9-11-27-50(45)54-51-28-12-10-23-47(51)49-26-14-25-48(52(49)54)46-24-13-18-39-17-7-8-21-44(39)46/h1-36H. The number of anilines is 3. The lowest BCUT2D eigenvalue weighted by atomic mass is 9.96. The van der Waals surface area contributed by atoms with Gasteiger partial charge in [0.1, 0.15) is 0 Å². The first-order chi connectivity index (χ1) is 26.8. The van der Waals surface area contributed by atoms with Crippen molar-refractivity contribution in [1.29, 1.82) is 0 Å². The van der Waals surface area contributed by atoms with Crippen LogP contribution in [-0.4, -0.2) is 4.57 Å². The van der Waals surface area contributed by atoms with E-state index < -0.39 is 0 Å². The van der Waals surface area contributed by atoms with Gasteiger partial charge in [-0.15, -0.1) is 0 Å². The number of nitrogens with zero attached hydrogens (tertiary/aromatic N) is 2. The SMILES string of the molecule is c1ccc(-c2ccc(N(c3ccccc3)c3ccc(-c4ccccc4-n4c5ccccc5c5cccc(-c6cccc7ccccc67)c54)cc3)cc2)cc1. The highest BCUT2D eigenvalue weighted by atomic mass is 15.1. The van der Waals surface area contributed by atoms with Gasteiger partial charge in [-0.2, -0.15) is 0 Å². The van der Waals surface area contributed by atoms with Crippen molar-refractivity contribution in [3.63, 3.8) is 0 Å². The van der Waals surface area contributed by atoms with Crippen LogP contribution in [0.25, 0.3) is 71.6 Å². The molecule has 0 aliphatic carbocycles. The van der Waals surface area contributed by atoms with Gasteiger partial charge in [-0.25, -0.2) is 0 Å². The monoisotopic (exact) mass is 688 g/mol. The Morgan fingerprint density at radius 1 is 0.296 bits per heavy atom. The summed E-state index contributed by atoms with van der Waals surface area (Å²) in [5.41, 5.74) is 14.1. The normalized spacial score (nSPS) is 11.3. The van der Waals surface area contributed by atoms with Crippen LogP contribution in [-0.2, 0) is 0 Å². The van der Waals surface area contributed by atoms with Gasteiger partial charge in [-0.3, -0.25) is 0 Å². The molecule has 0 spiro atoms. The van der Waals surface area contributed by atoms with Crippen molar-refractivity contribution in [3.05, 3.63) is 218 Å². The second kappa shape index (κ2) is 13.4. The van der Waals surface area contributed by atoms with Crippen molar-refractivity contribution in [3.8, 4) is 39.1 Å². The summed E-state index contributed by atoms with van der Waals surface area (Å²) >= 11 is 0. The number of fused-ring (bicyclic) bond motifs is 4. The fourth-order valence-electron chi connectivity index (χ4n) is 8.11. The molecule has 0 atom stereocenters. The summed E-state index contributed by atoms with van der Waals surface area (Å²) in [6, 6.07) is 78.8. The van der Waals surface area contributed by atoms with Crippen molar-refractivity contribution in [2.75, 3.05) is 4.90 Å². The van der Waals surface area contributed by atoms with Gasteiger partial charge in [0.05, 0.1) is 16.7 Å². The van der Waals surface area contributed by atoms with Gasteiger partial charge in [0.25, 0.3) is 0 Å². The Balaban J connectivity index is 1.11. The molecule has 0 N–H and O–H groups in total. The highest BCUT2D eigenvalue weighted by Gasteiger charge is 2.20. The van der Waals surface area contributed by atoms with Crippen molar-refractivity contribution in [2.24, 2.45) is 0 Å². The number of para-hydroxylation sites is 4. The molecule has 9 aromatic carbocycles. The summed E-state index contributed by atoms with van der Waals surface area (Å²) in [5, 5.41) is 4.99. The molecule has 0 radical (unpaired) electrons. The van der Waals surface area contributed by atoms with Gasteiger partial charge in [-0.1, -0.05) is 170 Å². The first-order valence-electron chi connectivity index (χ1n) is 18.5. The Bertz CT molecular complexity index is 2900. The van der Waals surface area contributed by atoms with Crippen molar-refractivity contribution < 1.29 is 0 Å². The van der Waals surface area contributed by atoms with Gasteiger partial charge in [0, 0.05) is 39.0 Å². The second-order valence-corrected chi connectivity index (χ2v) is 13.7. The molecule has 0 saturated carbocycles. The summed E-state index contributed by atoms with van der Waals surface area (Å²) in [6.07, 6.45) is 0. The summed E-state index contributed by atoms with van der Waals surface area (Å²) in [7, 11) is 0. The minimum atomic E-state index is 1.10. The second-order valence-electron chi connectivity index (χ2n) is 13.7. The van der Waals surface area contributed by atoms with E-state index in [0.29, 0.717) is 0 Å². The maximum absolute atomic E-state index is 2.48. The predicted molar refractivity (Wildman–Crippen MR) is 229 cm³/mol. The molecule has 0 saturated heterocycles. The van der Waals surface area contributed by atoms with Crippen LogP contribution >= 0.6 is 0 Å². The quantitative estimate of drug-likeness (QED) is 0.162. The average molecular weight is 689 g/mol. The Hall–Kier alpha value is -7.16. The predicted octanol–water partition coefficient (Wildman–Crippen LogP) is 14.4. The third kappa shape index (κ3) is 5.44. The van der Waals surface area contributed by atoms with Crippen LogP contribution in [0.1, 0.15) is 0 Å². The first-order valence-corrected chi connectivity index (χ1v) is 18.5. The lowest BCUT2D eigenvalue weighted by molar-refractivity contribution is 1.18. The fourth-order valence-corrected chi connectivity index (χ4v) is 8.11. The van der Waals surface area contributed by atoms with Gasteiger partial charge < -0.3 is 9.47 Å². The Kier molecular flexibility index (Phi) is 7.85. The molecule has 0 aliphatic heterocycles. The number of hydrogen-bond donors (Lipinski definition) is 0. The number of benzene rings is 9. The Morgan fingerprint density at radius 3 is 1.57 bits per heavy atom. The van der Waals surface area contributed by atoms with Crippen LogP contribution in [0.5, 0.6) is 0 Å². The fraction of sp³-hybridized carbons (Fsp3) is 0. The summed E-state index contributed by atoms with van der Waals surface area (Å²) in [4.78, 5) is 2.33. The van der Waals surface area contributed by atoms with E-state index in [9.17, 15) is 0 Å². The van der Waals surface area contributed by atoms with E-state index in [4.69, 9.17) is 0 Å². The van der Waals surface area contributed by atoms with Crippen molar-refractivity contribution in [2.45, 2.75) is 0 Å². The molecule has 0 aliphatic rings. The Labute approximate surface area is 315 Å². The molecule has 0 fully saturated rings. The molecule has 1 heterocycles. The van der Waals surface area contributed by atoms with Crippen LogP contribution in [0.3, 0.4) is 0 Å². The number of rotatable bonds is 7. The molecule has 254 valence electrons. The van der Waals surface area contributed by atoms with E-state index in [-0.39, 0.29) is 0 Å². The zero-order chi connectivity index (χ0) is 35.8. The molecule has 0 amide bonds. The minimum absolute atomic E-state index is 1.10. The molecule has 0 bridgehead atoms. The topological polar surface area (TPSA) is 8.17 Å². The third-order valence-corrected chi connectivity index (χ3v) is 10.6. The smallest absolute Gasteiger partial charge is 0.0619 e. The maximum Gasteiger partial charge on any atom is 0.0619 e. The first kappa shape index (κ1) is 31.6. The lowest BCUT2D eigenvalue weighted by Gasteiger charge is -2.26.